The first-order chi connectivity index (χ1) is 47.2. The van der Waals surface area contributed by atoms with E-state index in [1.165, 1.54) is 185 Å². The van der Waals surface area contributed by atoms with E-state index in [0.717, 1.165) is 109 Å². The Morgan fingerprint density at radius 3 is 0.944 bits per heavy atom. The van der Waals surface area contributed by atoms with Crippen molar-refractivity contribution >= 4 is 5.97 Å². The van der Waals surface area contributed by atoms with Crippen LogP contribution in [-0.4, -0.2) is 68.1 Å². The van der Waals surface area contributed by atoms with E-state index >= 15 is 0 Å². The molecule has 1 saturated heterocycles. The number of carbonyl (C=O) groups excluding carboxylic acids is 1. The highest BCUT2D eigenvalue weighted by molar-refractivity contribution is 5.66. The van der Waals surface area contributed by atoms with Gasteiger partial charge in [0.2, 0.25) is 0 Å². The van der Waals surface area contributed by atoms with Gasteiger partial charge in [-0.25, -0.2) is 0 Å². The number of esters is 1. The van der Waals surface area contributed by atoms with E-state index < -0.39 is 17.8 Å². The van der Waals surface area contributed by atoms with Crippen molar-refractivity contribution in [1.82, 2.24) is 0 Å². The van der Waals surface area contributed by atoms with Crippen LogP contribution in [0.15, 0.2) is 12.2 Å². The second kappa shape index (κ2) is 78.9. The topological polar surface area (TPSA) is 120 Å². The van der Waals surface area contributed by atoms with Crippen LogP contribution in [0.25, 0.3) is 0 Å². The zero-order chi connectivity index (χ0) is 77.6. The molecule has 8 saturated carbocycles. The summed E-state index contributed by atoms with van der Waals surface area (Å²) < 4.78 is 10.5. The predicted octanol–water partition coefficient (Wildman–Crippen LogP) is 33.4. The molecule has 107 heavy (non-hydrogen) atoms. The molecule has 0 aromatic carbocycles. The molecule has 4 bridgehead atoms. The van der Waals surface area contributed by atoms with Crippen LogP contribution in [0.2, 0.25) is 0 Å². The zero-order valence-corrected chi connectivity index (χ0v) is 73.8. The van der Waals surface area contributed by atoms with Gasteiger partial charge in [0, 0.05) is 9.78 Å². The molecule has 0 amide bonds. The van der Waals surface area contributed by atoms with Crippen molar-refractivity contribution in [1.29, 1.82) is 0 Å². The monoisotopic (exact) mass is 1540 g/mol. The molecule has 0 spiro atoms. The fraction of sp³-hybridized carbons (Fsp3) is 0.970. The molecule has 7 nitrogen and oxygen atoms in total. The minimum absolute atomic E-state index is 0. The first-order valence-corrected chi connectivity index (χ1v) is 44.5. The fourth-order valence-electron chi connectivity index (χ4n) is 15.2. The van der Waals surface area contributed by atoms with Crippen molar-refractivity contribution in [2.75, 3.05) is 0 Å². The third kappa shape index (κ3) is 64.9. The summed E-state index contributed by atoms with van der Waals surface area (Å²) in [7, 11) is 0. The molecule has 19 unspecified atom stereocenters. The largest absolute Gasteiger partial charge is 0.460 e. The lowest BCUT2D eigenvalue weighted by Gasteiger charge is -2.25. The Labute approximate surface area is 685 Å². The van der Waals surface area contributed by atoms with E-state index in [9.17, 15) is 4.79 Å². The minimum Gasteiger partial charge on any atom is -0.460 e. The van der Waals surface area contributed by atoms with E-state index in [0.29, 0.717) is 12.2 Å². The summed E-state index contributed by atoms with van der Waals surface area (Å²) in [5.41, 5.74) is -0.661. The maximum Gasteiger partial charge on any atom is 0.303 e. The second-order valence-electron chi connectivity index (χ2n) is 34.5. The molecule has 0 radical (unpaired) electrons. The molecule has 1 aliphatic heterocycles. The van der Waals surface area contributed by atoms with Gasteiger partial charge >= 0.3 is 5.97 Å². The Kier molecular flexibility index (Phi) is 95.5. The average Bonchev–Trinajstić information content (AvgIpc) is 1.63. The van der Waals surface area contributed by atoms with Crippen molar-refractivity contribution in [3.8, 4) is 0 Å². The maximum absolute atomic E-state index is 10.6. The van der Waals surface area contributed by atoms with Crippen LogP contribution in [-0.2, 0) is 14.3 Å². The number of unbranched alkanes of at least 4 members (excludes halogenated alkanes) is 7. The number of allylic oxidation sites excluding steroid dienone is 2. The normalized spacial score (nSPS) is 29.0. The number of fused-ring (bicyclic) bond motifs is 8. The zero-order valence-electron chi connectivity index (χ0n) is 73.8. The van der Waals surface area contributed by atoms with Gasteiger partial charge in [-0.1, -0.05) is 352 Å². The van der Waals surface area contributed by atoms with Crippen molar-refractivity contribution < 1.29 is 37.5 Å². The average molecular weight is 1540 g/mol. The molecule has 0 aromatic heterocycles. The van der Waals surface area contributed by atoms with Gasteiger partial charge in [0.15, 0.2) is 0 Å². The Morgan fingerprint density at radius 2 is 0.738 bits per heavy atom. The summed E-state index contributed by atoms with van der Waals surface area (Å²) in [5, 5.41) is 34.3. The number of aliphatic hydroxyl groups excluding tert-OH is 3. The Hall–Kier alpha value is -0.990. The van der Waals surface area contributed by atoms with Crippen LogP contribution in [0.5, 0.6) is 0 Å². The number of hydrogen-bond donors (Lipinski definition) is 4. The quantitative estimate of drug-likeness (QED) is 0.0526. The van der Waals surface area contributed by atoms with E-state index in [-0.39, 0.29) is 72.5 Å². The molecule has 19 atom stereocenters. The summed E-state index contributed by atoms with van der Waals surface area (Å²) in [6.07, 6.45) is 54.2. The fourth-order valence-corrected chi connectivity index (χ4v) is 15.2. The van der Waals surface area contributed by atoms with E-state index in [4.69, 9.17) is 29.9 Å². The van der Waals surface area contributed by atoms with E-state index in [2.05, 4.69) is 116 Å². The SMILES string of the molecule is C.C.C.C.C.C.C.C1CC2C3CCC(C3)C2C1.CC.CC.CC(O)C(C)O.CC1C2CCC(C2)C1C.CC1CC2OC2CC1C.CC1CC=CCC1C.CC1CCC(C)CC1.CC1CCCCC1C.CCC(C)(CC)OC(C)=O.CCC(C)(O)CC.CCC(C)CC.CCC(C)O.CCCCCCCCCC.[HH].[HH]. The van der Waals surface area contributed by atoms with Crippen molar-refractivity contribution in [3.63, 3.8) is 0 Å². The van der Waals surface area contributed by atoms with Crippen LogP contribution < -0.4 is 0 Å². The smallest absolute Gasteiger partial charge is 0.303 e. The van der Waals surface area contributed by atoms with Gasteiger partial charge in [0.25, 0.3) is 0 Å². The molecule has 10 rings (SSSR count). The number of carbonyl (C=O) groups is 1. The molecule has 664 valence electrons. The number of epoxide rings is 1. The van der Waals surface area contributed by atoms with Gasteiger partial charge in [-0.15, -0.1) is 0 Å². The Balaban J connectivity index is -0.0000000832. The maximum atomic E-state index is 10.6. The molecular formula is C100H222O7. The van der Waals surface area contributed by atoms with Gasteiger partial charge < -0.3 is 29.9 Å². The van der Waals surface area contributed by atoms with Crippen LogP contribution in [0, 0.1) is 101 Å². The van der Waals surface area contributed by atoms with Gasteiger partial charge in [-0.2, -0.15) is 0 Å². The second-order valence-corrected chi connectivity index (χ2v) is 34.5. The number of aliphatic hydroxyl groups is 4. The Morgan fingerprint density at radius 1 is 0.430 bits per heavy atom. The lowest BCUT2D eigenvalue weighted by atomic mass is 9.82. The van der Waals surface area contributed by atoms with Gasteiger partial charge in [0.1, 0.15) is 5.60 Å². The highest BCUT2D eigenvalue weighted by Crippen LogP contribution is 2.58. The van der Waals surface area contributed by atoms with Crippen molar-refractivity contribution in [2.24, 2.45) is 101 Å². The van der Waals surface area contributed by atoms with Crippen LogP contribution in [0.4, 0.5) is 0 Å². The van der Waals surface area contributed by atoms with Crippen LogP contribution in [0.3, 0.4) is 0 Å². The minimum atomic E-state index is -0.593. The number of hydrogen-bond acceptors (Lipinski definition) is 7. The Bertz CT molecular complexity index is 1690. The molecule has 0 aromatic rings. The van der Waals surface area contributed by atoms with Crippen molar-refractivity contribution in [3.05, 3.63) is 12.2 Å². The molecule has 10 aliphatic rings. The number of rotatable bonds is 16. The standard InChI is InChI=1S/C10H16.C10H22.C9H16.C8H16O2.C8H14O.2C8H16.C8H14.C6H14O.C6H14.C4H10O2.C4H10O.2C2H6.7CH4.2H2/c1-2-9-7-4-5-8(6-7)10(9)3-1;1-3-5-7-9-10-8-6-4-2;1-6-7(2)9-4-3-8(6)5-9;1-5-8(4,6-2)10-7(3)9;1-5-3-7-8(9-7)4-6(5)2;1-7-3-5-8(2)6-4-7;2*1-7-5-3-4-6-8(7)2;1-4-6(3,7)5-2;1-4-6(3)5-2;1-3(5)4(2)6;1-3-4(2)5;2*1-2;;;;;;;;;/h7-10H,1-6H2;3-10H2,1-2H3;6-9H,3-5H2,1-2H3;5-6H2,1-4H3;5-8H,3-4H2,1-2H3;2*7-8H,3-6H2,1-2H3;3-4,7-8H,5-6H2,1-2H3;7H,4-5H2,1-3H3;6H,4-5H2,1-3H3;3-6H,1-2H3;4-5H,3H2,1-2H3;2*1-2H3;7*1H4;2*1H. The summed E-state index contributed by atoms with van der Waals surface area (Å²) >= 11 is 0. The third-order valence-corrected chi connectivity index (χ3v) is 26.1. The van der Waals surface area contributed by atoms with E-state index in [1.54, 1.807) is 65.7 Å². The first kappa shape index (κ1) is 129. The van der Waals surface area contributed by atoms with Gasteiger partial charge in [0.05, 0.1) is 36.1 Å². The highest BCUT2D eigenvalue weighted by atomic mass is 16.6. The molecule has 9 aliphatic carbocycles. The molecule has 4 N–H and O–H groups in total. The summed E-state index contributed by atoms with van der Waals surface area (Å²) in [5.74, 6) is 17.5. The highest BCUT2D eigenvalue weighted by Gasteiger charge is 2.49. The predicted molar refractivity (Wildman–Crippen MR) is 497 cm³/mol. The van der Waals surface area contributed by atoms with Gasteiger partial charge in [-0.05, 0) is 244 Å². The molecular weight excluding hydrogens is 1310 g/mol. The summed E-state index contributed by atoms with van der Waals surface area (Å²) in [6.45, 7) is 63.1. The lowest BCUT2D eigenvalue weighted by molar-refractivity contribution is -0.155. The van der Waals surface area contributed by atoms with E-state index in [1.807, 2.05) is 76.2 Å². The third-order valence-electron chi connectivity index (χ3n) is 26.1. The summed E-state index contributed by atoms with van der Waals surface area (Å²) in [6, 6.07) is 0. The lowest BCUT2D eigenvalue weighted by Crippen LogP contribution is -2.28. The molecule has 9 fully saturated rings. The molecule has 7 heteroatoms. The molecule has 1 heterocycles. The summed E-state index contributed by atoms with van der Waals surface area (Å²) in [4.78, 5) is 10.6. The van der Waals surface area contributed by atoms with Crippen LogP contribution in [0.1, 0.15) is 494 Å². The number of ether oxygens (including phenoxy) is 2. The van der Waals surface area contributed by atoms with Crippen LogP contribution >= 0.6 is 0 Å². The first-order valence-electron chi connectivity index (χ1n) is 44.5. The van der Waals surface area contributed by atoms with Crippen molar-refractivity contribution in [2.45, 2.75) is 533 Å². The van der Waals surface area contributed by atoms with Gasteiger partial charge in [-0.3, -0.25) is 4.79 Å².